The van der Waals surface area contributed by atoms with E-state index in [1.165, 1.54) is 19.2 Å². The Hall–Kier alpha value is -3.14. The number of aliphatic hydroxyl groups is 1. The number of alkyl halides is 3. The molecule has 1 aliphatic rings. The molecule has 4 rings (SSSR count). The van der Waals surface area contributed by atoms with E-state index in [0.717, 1.165) is 37.8 Å². The molecule has 10 heteroatoms. The summed E-state index contributed by atoms with van der Waals surface area (Å²) in [5, 5.41) is 11.9. The maximum atomic E-state index is 12.9. The minimum absolute atomic E-state index is 0.142. The summed E-state index contributed by atoms with van der Waals surface area (Å²) < 4.78 is 50.0. The number of amides is 1. The average Bonchev–Trinajstić information content (AvgIpc) is 3.21. The number of carbonyl (C=O) groups excluding carboxylic acids is 1. The number of rotatable bonds is 5. The number of halogens is 3. The van der Waals surface area contributed by atoms with Gasteiger partial charge in [-0.05, 0) is 43.7 Å². The molecule has 2 N–H and O–H groups in total. The number of hydrogen-bond donors (Lipinski definition) is 2. The van der Waals surface area contributed by atoms with Crippen molar-refractivity contribution in [2.24, 2.45) is 5.92 Å². The van der Waals surface area contributed by atoms with Crippen LogP contribution in [0.3, 0.4) is 0 Å². The van der Waals surface area contributed by atoms with E-state index in [1.807, 2.05) is 0 Å². The highest BCUT2D eigenvalue weighted by Gasteiger charge is 2.33. The van der Waals surface area contributed by atoms with E-state index >= 15 is 0 Å². The van der Waals surface area contributed by atoms with Crippen LogP contribution in [0.1, 0.15) is 53.7 Å². The molecule has 2 heterocycles. The Kier molecular flexibility index (Phi) is 6.05. The number of aromatic nitrogens is 2. The number of aliphatic hydroxyl groups excluding tert-OH is 1. The Bertz CT molecular complexity index is 1120. The summed E-state index contributed by atoms with van der Waals surface area (Å²) in [5.41, 5.74) is -0.311. The van der Waals surface area contributed by atoms with E-state index < -0.39 is 17.8 Å². The highest BCUT2D eigenvalue weighted by atomic mass is 19.4. The van der Waals surface area contributed by atoms with E-state index in [4.69, 9.17) is 9.15 Å². The molecule has 3 aromatic rings. The maximum absolute atomic E-state index is 12.9. The quantitative estimate of drug-likeness (QED) is 0.583. The largest absolute Gasteiger partial charge is 0.494 e. The highest BCUT2D eigenvalue weighted by Crippen LogP contribution is 2.38. The van der Waals surface area contributed by atoms with Crippen LogP contribution in [-0.4, -0.2) is 34.7 Å². The van der Waals surface area contributed by atoms with Gasteiger partial charge in [-0.1, -0.05) is 6.07 Å². The van der Waals surface area contributed by atoms with E-state index in [9.17, 15) is 23.1 Å². The van der Waals surface area contributed by atoms with Gasteiger partial charge < -0.3 is 19.6 Å². The molecule has 1 aromatic carbocycles. The van der Waals surface area contributed by atoms with Gasteiger partial charge in [0.15, 0.2) is 11.5 Å². The van der Waals surface area contributed by atoms with Crippen molar-refractivity contribution in [2.75, 3.05) is 19.0 Å². The molecule has 170 valence electrons. The Morgan fingerprint density at radius 2 is 1.97 bits per heavy atom. The third-order valence-corrected chi connectivity index (χ3v) is 5.70. The summed E-state index contributed by atoms with van der Waals surface area (Å²) in [6.07, 6.45) is -1.14. The number of nitrogens with one attached hydrogen (secondary N) is 1. The van der Waals surface area contributed by atoms with Crippen molar-refractivity contribution in [1.29, 1.82) is 0 Å². The lowest BCUT2D eigenvalue weighted by atomic mass is 9.82. The van der Waals surface area contributed by atoms with Crippen LogP contribution in [0.5, 0.6) is 5.75 Å². The highest BCUT2D eigenvalue weighted by molar-refractivity contribution is 6.04. The van der Waals surface area contributed by atoms with E-state index in [1.54, 1.807) is 6.07 Å². The van der Waals surface area contributed by atoms with Gasteiger partial charge in [0.25, 0.3) is 5.91 Å². The number of pyridine rings is 1. The van der Waals surface area contributed by atoms with Crippen LogP contribution in [0, 0.1) is 5.92 Å². The van der Waals surface area contributed by atoms with Crippen LogP contribution in [0.2, 0.25) is 0 Å². The molecule has 0 atom stereocenters. The third-order valence-electron chi connectivity index (χ3n) is 5.70. The first-order valence-electron chi connectivity index (χ1n) is 10.2. The number of methoxy groups -OCH3 is 1. The van der Waals surface area contributed by atoms with Gasteiger partial charge in [-0.25, -0.2) is 9.97 Å². The summed E-state index contributed by atoms with van der Waals surface area (Å²) >= 11 is 0. The van der Waals surface area contributed by atoms with Crippen molar-refractivity contribution >= 4 is 22.7 Å². The van der Waals surface area contributed by atoms with Crippen LogP contribution in [0.25, 0.3) is 11.1 Å². The second-order valence-corrected chi connectivity index (χ2v) is 7.83. The van der Waals surface area contributed by atoms with Gasteiger partial charge in [0.1, 0.15) is 22.7 Å². The summed E-state index contributed by atoms with van der Waals surface area (Å²) in [5.74, 6) is 0.518. The predicted octanol–water partition coefficient (Wildman–Crippen LogP) is 4.77. The van der Waals surface area contributed by atoms with Crippen LogP contribution < -0.4 is 10.1 Å². The molecular weight excluding hydrogens is 427 g/mol. The summed E-state index contributed by atoms with van der Waals surface area (Å²) in [6.45, 7) is 0.182. The van der Waals surface area contributed by atoms with E-state index in [-0.39, 0.29) is 23.9 Å². The number of carbonyl (C=O) groups is 1. The number of nitrogens with zero attached hydrogens (tertiary/aromatic N) is 2. The zero-order valence-corrected chi connectivity index (χ0v) is 17.3. The number of fused-ring (bicyclic) bond motifs is 1. The molecule has 0 spiro atoms. The lowest BCUT2D eigenvalue weighted by Crippen LogP contribution is -2.17. The van der Waals surface area contributed by atoms with Crippen molar-refractivity contribution in [3.63, 3.8) is 0 Å². The van der Waals surface area contributed by atoms with E-state index in [0.29, 0.717) is 28.7 Å². The Morgan fingerprint density at radius 1 is 1.22 bits per heavy atom. The van der Waals surface area contributed by atoms with Gasteiger partial charge in [0.2, 0.25) is 0 Å². The Balaban J connectivity index is 1.58. The topological polar surface area (TPSA) is 97.5 Å². The van der Waals surface area contributed by atoms with Gasteiger partial charge >= 0.3 is 6.18 Å². The molecule has 0 aliphatic heterocycles. The molecule has 0 unspecified atom stereocenters. The maximum Gasteiger partial charge on any atom is 0.433 e. The zero-order valence-electron chi connectivity index (χ0n) is 17.3. The van der Waals surface area contributed by atoms with Gasteiger partial charge in [-0.2, -0.15) is 13.2 Å². The monoisotopic (exact) mass is 449 g/mol. The molecule has 0 bridgehead atoms. The van der Waals surface area contributed by atoms with Crippen molar-refractivity contribution in [1.82, 2.24) is 9.97 Å². The Labute approximate surface area is 181 Å². The number of anilines is 1. The first kappa shape index (κ1) is 22.1. The summed E-state index contributed by atoms with van der Waals surface area (Å²) in [7, 11) is 1.41. The predicted molar refractivity (Wildman–Crippen MR) is 110 cm³/mol. The first-order valence-corrected chi connectivity index (χ1v) is 10.2. The molecule has 7 nitrogen and oxygen atoms in total. The number of ether oxygens (including phenoxy) is 1. The van der Waals surface area contributed by atoms with Crippen molar-refractivity contribution < 1.29 is 32.2 Å². The molecular formula is C22H22F3N3O4. The molecule has 1 amide bonds. The van der Waals surface area contributed by atoms with Crippen molar-refractivity contribution in [2.45, 2.75) is 37.8 Å². The SMILES string of the molecule is COc1cc2nc(C3CCC(CO)CC3)oc2cc1NC(=O)c1cccc(C(F)(F)F)n1. The van der Waals surface area contributed by atoms with E-state index in [2.05, 4.69) is 15.3 Å². The van der Waals surface area contributed by atoms with Crippen LogP contribution >= 0.6 is 0 Å². The fourth-order valence-corrected chi connectivity index (χ4v) is 3.91. The minimum atomic E-state index is -4.65. The van der Waals surface area contributed by atoms with Crippen molar-refractivity contribution in [3.05, 3.63) is 47.6 Å². The van der Waals surface area contributed by atoms with Crippen LogP contribution in [0.4, 0.5) is 18.9 Å². The third kappa shape index (κ3) is 4.55. The lowest BCUT2D eigenvalue weighted by Gasteiger charge is -2.24. The van der Waals surface area contributed by atoms with Crippen LogP contribution in [0.15, 0.2) is 34.7 Å². The minimum Gasteiger partial charge on any atom is -0.494 e. The second kappa shape index (κ2) is 8.78. The second-order valence-electron chi connectivity index (χ2n) is 7.83. The number of oxazole rings is 1. The summed E-state index contributed by atoms with van der Waals surface area (Å²) in [4.78, 5) is 20.5. The van der Waals surface area contributed by atoms with Gasteiger partial charge in [-0.3, -0.25) is 4.79 Å². The fourth-order valence-electron chi connectivity index (χ4n) is 3.91. The molecule has 32 heavy (non-hydrogen) atoms. The first-order chi connectivity index (χ1) is 15.3. The zero-order chi connectivity index (χ0) is 22.9. The van der Waals surface area contributed by atoms with Gasteiger partial charge in [0.05, 0.1) is 12.8 Å². The van der Waals surface area contributed by atoms with Gasteiger partial charge in [0, 0.05) is 24.7 Å². The van der Waals surface area contributed by atoms with Crippen LogP contribution in [-0.2, 0) is 6.18 Å². The molecule has 1 saturated carbocycles. The molecule has 1 fully saturated rings. The number of hydrogen-bond acceptors (Lipinski definition) is 6. The number of benzene rings is 1. The molecule has 2 aromatic heterocycles. The molecule has 0 radical (unpaired) electrons. The van der Waals surface area contributed by atoms with Crippen molar-refractivity contribution in [3.8, 4) is 5.75 Å². The summed E-state index contributed by atoms with van der Waals surface area (Å²) in [6, 6.07) is 6.27. The lowest BCUT2D eigenvalue weighted by molar-refractivity contribution is -0.141. The van der Waals surface area contributed by atoms with Gasteiger partial charge in [-0.15, -0.1) is 0 Å². The Morgan fingerprint density at radius 3 is 2.62 bits per heavy atom. The molecule has 0 saturated heterocycles. The standard InChI is InChI=1S/C22H22F3N3O4/c1-31-17-9-16-18(32-21(28-16)13-7-5-12(11-29)6-8-13)10-15(17)27-20(30)14-3-2-4-19(26-14)22(23,24)25/h2-4,9-10,12-13,29H,5-8,11H2,1H3,(H,27,30). The average molecular weight is 449 g/mol. The normalized spacial score (nSPS) is 19.2. The fraction of sp³-hybridized carbons (Fsp3) is 0.409. The molecule has 1 aliphatic carbocycles. The smallest absolute Gasteiger partial charge is 0.433 e.